The number of rotatable bonds is 3. The number of carbonyl (C=O) groups is 3. The summed E-state index contributed by atoms with van der Waals surface area (Å²) in [5, 5.41) is 9.74. The number of carboxylic acid groups (broad SMARTS) is 1. The first-order chi connectivity index (χ1) is 11.5. The lowest BCUT2D eigenvalue weighted by Gasteiger charge is -2.32. The molecule has 0 aromatic heterocycles. The summed E-state index contributed by atoms with van der Waals surface area (Å²) in [5.74, 6) is -2.00. The van der Waals surface area contributed by atoms with Gasteiger partial charge in [-0.2, -0.15) is 0 Å². The molecule has 2 unspecified atom stereocenters. The zero-order valence-corrected chi connectivity index (χ0v) is 13.9. The molecule has 1 aromatic rings. The molecule has 128 valence electrons. The van der Waals surface area contributed by atoms with E-state index >= 15 is 0 Å². The Kier molecular flexibility index (Phi) is 4.76. The highest BCUT2D eigenvalue weighted by Crippen LogP contribution is 2.28. The number of anilines is 1. The molecule has 0 radical (unpaired) electrons. The van der Waals surface area contributed by atoms with Gasteiger partial charge in [-0.1, -0.05) is 11.6 Å². The third-order valence-corrected chi connectivity index (χ3v) is 4.95. The molecule has 0 spiro atoms. The minimum absolute atomic E-state index is 0.0949. The van der Waals surface area contributed by atoms with Gasteiger partial charge in [-0.25, -0.2) is 0 Å². The van der Waals surface area contributed by atoms with Gasteiger partial charge in [-0.05, 0) is 37.1 Å². The Bertz CT molecular complexity index is 661. The summed E-state index contributed by atoms with van der Waals surface area (Å²) < 4.78 is 0. The standard InChI is InChI=1S/C17H19ClN2O4/c18-13-3-5-14(6-4-13)20-10-12(8-15(20)21)16(22)19-7-1-2-11(9-19)17(23)24/h3-6,11-12H,1-2,7-10H2,(H,23,24). The molecule has 2 fully saturated rings. The van der Waals surface area contributed by atoms with Gasteiger partial charge in [0.2, 0.25) is 11.8 Å². The van der Waals surface area contributed by atoms with E-state index < -0.39 is 17.8 Å². The number of hydrogen-bond acceptors (Lipinski definition) is 3. The van der Waals surface area contributed by atoms with Crippen LogP contribution < -0.4 is 4.90 Å². The molecule has 7 heteroatoms. The van der Waals surface area contributed by atoms with Gasteiger partial charge in [0.25, 0.3) is 0 Å². The molecule has 2 aliphatic rings. The second-order valence-corrected chi connectivity index (χ2v) is 6.78. The molecule has 24 heavy (non-hydrogen) atoms. The number of benzene rings is 1. The maximum Gasteiger partial charge on any atom is 0.308 e. The second kappa shape index (κ2) is 6.81. The number of halogens is 1. The Morgan fingerprint density at radius 3 is 2.50 bits per heavy atom. The fourth-order valence-electron chi connectivity index (χ4n) is 3.38. The fraction of sp³-hybridized carbons (Fsp3) is 0.471. The SMILES string of the molecule is O=C(O)C1CCCN(C(=O)C2CC(=O)N(c3ccc(Cl)cc3)C2)C1. The van der Waals surface area contributed by atoms with Crippen molar-refractivity contribution >= 4 is 35.1 Å². The Morgan fingerprint density at radius 1 is 1.12 bits per heavy atom. The number of hydrogen-bond donors (Lipinski definition) is 1. The van der Waals surface area contributed by atoms with Crippen LogP contribution in [0.15, 0.2) is 24.3 Å². The van der Waals surface area contributed by atoms with Crippen LogP contribution in [0.1, 0.15) is 19.3 Å². The van der Waals surface area contributed by atoms with Crippen molar-refractivity contribution in [2.75, 3.05) is 24.5 Å². The van der Waals surface area contributed by atoms with Crippen molar-refractivity contribution in [1.82, 2.24) is 4.90 Å². The largest absolute Gasteiger partial charge is 0.481 e. The molecule has 6 nitrogen and oxygen atoms in total. The molecule has 2 atom stereocenters. The zero-order valence-electron chi connectivity index (χ0n) is 13.2. The van der Waals surface area contributed by atoms with E-state index in [1.54, 1.807) is 34.1 Å². The molecule has 3 rings (SSSR count). The lowest BCUT2D eigenvalue weighted by atomic mass is 9.96. The molecule has 0 aliphatic carbocycles. The fourth-order valence-corrected chi connectivity index (χ4v) is 3.51. The zero-order chi connectivity index (χ0) is 17.3. The Hall–Kier alpha value is -2.08. The third kappa shape index (κ3) is 3.38. The second-order valence-electron chi connectivity index (χ2n) is 6.34. The van der Waals surface area contributed by atoms with Crippen molar-refractivity contribution in [1.29, 1.82) is 0 Å². The molecule has 1 aromatic carbocycles. The molecule has 0 bridgehead atoms. The van der Waals surface area contributed by atoms with Gasteiger partial charge < -0.3 is 14.9 Å². The van der Waals surface area contributed by atoms with Crippen molar-refractivity contribution in [3.8, 4) is 0 Å². The van der Waals surface area contributed by atoms with Crippen LogP contribution in [-0.2, 0) is 14.4 Å². The number of amides is 2. The maximum atomic E-state index is 12.7. The molecule has 2 amide bonds. The van der Waals surface area contributed by atoms with Crippen molar-refractivity contribution in [3.05, 3.63) is 29.3 Å². The maximum absolute atomic E-state index is 12.7. The molecule has 1 N–H and O–H groups in total. The molecular weight excluding hydrogens is 332 g/mol. The monoisotopic (exact) mass is 350 g/mol. The van der Waals surface area contributed by atoms with Crippen LogP contribution in [0.5, 0.6) is 0 Å². The first kappa shape index (κ1) is 16.8. The number of carboxylic acids is 1. The Morgan fingerprint density at radius 2 is 1.83 bits per heavy atom. The van der Waals surface area contributed by atoms with Crippen LogP contribution in [-0.4, -0.2) is 47.4 Å². The smallest absolute Gasteiger partial charge is 0.308 e. The van der Waals surface area contributed by atoms with Crippen molar-refractivity contribution in [2.45, 2.75) is 19.3 Å². The summed E-state index contributed by atoms with van der Waals surface area (Å²) in [6, 6.07) is 6.94. The number of nitrogens with zero attached hydrogens (tertiary/aromatic N) is 2. The van der Waals surface area contributed by atoms with Crippen LogP contribution in [0.3, 0.4) is 0 Å². The Labute approximate surface area is 145 Å². The summed E-state index contributed by atoms with van der Waals surface area (Å²) in [4.78, 5) is 39.3. The molecule has 2 saturated heterocycles. The van der Waals surface area contributed by atoms with Crippen LogP contribution in [0.4, 0.5) is 5.69 Å². The van der Waals surface area contributed by atoms with Crippen LogP contribution in [0, 0.1) is 11.8 Å². The number of carbonyl (C=O) groups excluding carboxylic acids is 2. The number of likely N-dealkylation sites (tertiary alicyclic amines) is 1. The van der Waals surface area contributed by atoms with Gasteiger partial charge in [0.1, 0.15) is 0 Å². The first-order valence-corrected chi connectivity index (χ1v) is 8.41. The number of piperidine rings is 1. The molecular formula is C17H19ClN2O4. The van der Waals surface area contributed by atoms with Crippen LogP contribution in [0.2, 0.25) is 5.02 Å². The Balaban J connectivity index is 1.67. The van der Waals surface area contributed by atoms with E-state index in [1.165, 1.54) is 0 Å². The van der Waals surface area contributed by atoms with E-state index in [1.807, 2.05) is 0 Å². The van der Waals surface area contributed by atoms with E-state index in [0.717, 1.165) is 5.69 Å². The summed E-state index contributed by atoms with van der Waals surface area (Å²) in [5.41, 5.74) is 0.724. The van der Waals surface area contributed by atoms with Crippen molar-refractivity contribution in [3.63, 3.8) is 0 Å². The predicted octanol–water partition coefficient (Wildman–Crippen LogP) is 2.02. The van der Waals surface area contributed by atoms with Crippen molar-refractivity contribution < 1.29 is 19.5 Å². The first-order valence-electron chi connectivity index (χ1n) is 8.03. The van der Waals surface area contributed by atoms with E-state index in [9.17, 15) is 14.4 Å². The quantitative estimate of drug-likeness (QED) is 0.904. The van der Waals surface area contributed by atoms with E-state index in [-0.39, 0.29) is 24.8 Å². The normalized spacial score (nSPS) is 24.3. The minimum atomic E-state index is -0.863. The summed E-state index contributed by atoms with van der Waals surface area (Å²) in [6.45, 7) is 1.13. The third-order valence-electron chi connectivity index (χ3n) is 4.69. The van der Waals surface area contributed by atoms with Gasteiger partial charge >= 0.3 is 5.97 Å². The minimum Gasteiger partial charge on any atom is -0.481 e. The van der Waals surface area contributed by atoms with Gasteiger partial charge in [-0.15, -0.1) is 0 Å². The van der Waals surface area contributed by atoms with E-state index in [2.05, 4.69) is 0 Å². The average molecular weight is 351 g/mol. The van der Waals surface area contributed by atoms with Crippen molar-refractivity contribution in [2.24, 2.45) is 11.8 Å². The predicted molar refractivity (Wildman–Crippen MR) is 88.9 cm³/mol. The molecule has 2 heterocycles. The van der Waals surface area contributed by atoms with Gasteiger partial charge in [0.05, 0.1) is 11.8 Å². The van der Waals surface area contributed by atoms with Gasteiger partial charge in [0.15, 0.2) is 0 Å². The highest BCUT2D eigenvalue weighted by Gasteiger charge is 2.39. The van der Waals surface area contributed by atoms with Gasteiger partial charge in [0, 0.05) is 36.8 Å². The van der Waals surface area contributed by atoms with Crippen LogP contribution in [0.25, 0.3) is 0 Å². The van der Waals surface area contributed by atoms with E-state index in [4.69, 9.17) is 16.7 Å². The van der Waals surface area contributed by atoms with Gasteiger partial charge in [-0.3, -0.25) is 14.4 Å². The lowest BCUT2D eigenvalue weighted by molar-refractivity contribution is -0.146. The highest BCUT2D eigenvalue weighted by atomic mass is 35.5. The average Bonchev–Trinajstić information content (AvgIpc) is 2.97. The molecule has 0 saturated carbocycles. The van der Waals surface area contributed by atoms with E-state index in [0.29, 0.717) is 31.0 Å². The highest BCUT2D eigenvalue weighted by molar-refractivity contribution is 6.30. The topological polar surface area (TPSA) is 77.9 Å². The van der Waals surface area contributed by atoms with Crippen LogP contribution >= 0.6 is 11.6 Å². The summed E-state index contributed by atoms with van der Waals surface area (Å²) in [6.07, 6.45) is 1.44. The number of aliphatic carboxylic acids is 1. The molecule has 2 aliphatic heterocycles. The summed E-state index contributed by atoms with van der Waals surface area (Å²) >= 11 is 5.86. The summed E-state index contributed by atoms with van der Waals surface area (Å²) in [7, 11) is 0. The lowest BCUT2D eigenvalue weighted by Crippen LogP contribution is -2.45.